The first-order valence-electron chi connectivity index (χ1n) is 5.52. The van der Waals surface area contributed by atoms with Crippen LogP contribution >= 0.6 is 0 Å². The second-order valence-electron chi connectivity index (χ2n) is 3.80. The summed E-state index contributed by atoms with van der Waals surface area (Å²) in [6, 6.07) is 9.14. The van der Waals surface area contributed by atoms with Crippen LogP contribution in [0.5, 0.6) is 0 Å². The van der Waals surface area contributed by atoms with E-state index in [1.165, 1.54) is 4.90 Å². The summed E-state index contributed by atoms with van der Waals surface area (Å²) in [6.45, 7) is 1.05. The monoisotopic (exact) mass is 234 g/mol. The van der Waals surface area contributed by atoms with Gasteiger partial charge in [-0.1, -0.05) is 18.2 Å². The molecule has 2 rings (SSSR count). The average molecular weight is 234 g/mol. The van der Waals surface area contributed by atoms with E-state index in [-0.39, 0.29) is 12.5 Å². The Morgan fingerprint density at radius 2 is 2.12 bits per heavy atom. The zero-order chi connectivity index (χ0) is 12.1. The predicted molar refractivity (Wildman–Crippen MR) is 62.6 cm³/mol. The highest BCUT2D eigenvalue weighted by Crippen LogP contribution is 2.07. The van der Waals surface area contributed by atoms with Crippen LogP contribution in [0.4, 0.5) is 10.5 Å². The Labute approximate surface area is 99.4 Å². The first kappa shape index (κ1) is 11.4. The molecule has 0 unspecified atom stereocenters. The van der Waals surface area contributed by atoms with Crippen LogP contribution in [0.3, 0.4) is 0 Å². The molecule has 1 aliphatic heterocycles. The van der Waals surface area contributed by atoms with Gasteiger partial charge < -0.3 is 10.1 Å². The fourth-order valence-corrected chi connectivity index (χ4v) is 1.64. The van der Waals surface area contributed by atoms with Crippen LogP contribution in [0.2, 0.25) is 0 Å². The van der Waals surface area contributed by atoms with Gasteiger partial charge in [-0.05, 0) is 18.6 Å². The predicted octanol–water partition coefficient (Wildman–Crippen LogP) is 1.47. The molecular weight excluding hydrogens is 220 g/mol. The number of hydrogen-bond donors (Lipinski definition) is 1. The molecule has 1 heterocycles. The highest BCUT2D eigenvalue weighted by atomic mass is 16.6. The number of nitrogens with one attached hydrogen (secondary N) is 1. The van der Waals surface area contributed by atoms with Crippen molar-refractivity contribution in [3.8, 4) is 0 Å². The van der Waals surface area contributed by atoms with Crippen molar-refractivity contribution in [3.63, 3.8) is 0 Å². The zero-order valence-corrected chi connectivity index (χ0v) is 9.39. The molecule has 90 valence electrons. The van der Waals surface area contributed by atoms with E-state index >= 15 is 0 Å². The Bertz CT molecular complexity index is 405. The second kappa shape index (κ2) is 5.34. The summed E-state index contributed by atoms with van der Waals surface area (Å²) < 4.78 is 4.85. The van der Waals surface area contributed by atoms with Crippen molar-refractivity contribution in [2.24, 2.45) is 0 Å². The number of cyclic esters (lactones) is 1. The van der Waals surface area contributed by atoms with Crippen molar-refractivity contribution >= 4 is 17.7 Å². The largest absolute Gasteiger partial charge is 0.449 e. The van der Waals surface area contributed by atoms with Gasteiger partial charge in [0.25, 0.3) is 0 Å². The lowest BCUT2D eigenvalue weighted by molar-refractivity contribution is -0.117. The molecule has 5 heteroatoms. The molecule has 1 saturated heterocycles. The first-order chi connectivity index (χ1) is 8.25. The van der Waals surface area contributed by atoms with Crippen LogP contribution in [-0.2, 0) is 9.53 Å². The number of rotatable bonds is 3. The number of para-hydroxylation sites is 1. The summed E-state index contributed by atoms with van der Waals surface area (Å²) in [5, 5.41) is 2.72. The third-order valence-electron chi connectivity index (χ3n) is 2.45. The van der Waals surface area contributed by atoms with Crippen LogP contribution < -0.4 is 5.32 Å². The van der Waals surface area contributed by atoms with Crippen LogP contribution in [0.25, 0.3) is 0 Å². The molecule has 2 amide bonds. The number of nitrogens with zero attached hydrogens (tertiary/aromatic N) is 1. The SMILES string of the molecule is O=C(CN1CCCOC1=O)Nc1ccccc1. The molecule has 0 aliphatic carbocycles. The molecule has 1 aromatic rings. The van der Waals surface area contributed by atoms with Crippen molar-refractivity contribution in [1.82, 2.24) is 4.90 Å². The molecule has 0 bridgehead atoms. The summed E-state index contributed by atoms with van der Waals surface area (Å²) in [6.07, 6.45) is 0.351. The summed E-state index contributed by atoms with van der Waals surface area (Å²) in [7, 11) is 0. The summed E-state index contributed by atoms with van der Waals surface area (Å²) in [5.41, 5.74) is 0.725. The van der Waals surface area contributed by atoms with Gasteiger partial charge in [0.05, 0.1) is 6.61 Å². The third-order valence-corrected chi connectivity index (χ3v) is 2.45. The molecule has 1 fully saturated rings. The molecule has 17 heavy (non-hydrogen) atoms. The molecule has 1 aromatic carbocycles. The number of amides is 2. The Morgan fingerprint density at radius 3 is 2.82 bits per heavy atom. The van der Waals surface area contributed by atoms with Crippen LogP contribution in [0.1, 0.15) is 6.42 Å². The fourth-order valence-electron chi connectivity index (χ4n) is 1.64. The topological polar surface area (TPSA) is 58.6 Å². The molecule has 0 radical (unpaired) electrons. The minimum Gasteiger partial charge on any atom is -0.449 e. The van der Waals surface area contributed by atoms with E-state index in [1.807, 2.05) is 18.2 Å². The van der Waals surface area contributed by atoms with E-state index in [1.54, 1.807) is 12.1 Å². The van der Waals surface area contributed by atoms with Crippen molar-refractivity contribution in [1.29, 1.82) is 0 Å². The molecule has 1 aliphatic rings. The van der Waals surface area contributed by atoms with Crippen LogP contribution in [-0.4, -0.2) is 36.6 Å². The number of carbonyl (C=O) groups excluding carboxylic acids is 2. The molecule has 0 aromatic heterocycles. The van der Waals surface area contributed by atoms with E-state index in [4.69, 9.17) is 4.74 Å². The highest BCUT2D eigenvalue weighted by Gasteiger charge is 2.21. The van der Waals surface area contributed by atoms with Crippen LogP contribution in [0, 0.1) is 0 Å². The van der Waals surface area contributed by atoms with Crippen molar-refractivity contribution in [2.45, 2.75) is 6.42 Å². The number of benzene rings is 1. The zero-order valence-electron chi connectivity index (χ0n) is 9.39. The molecular formula is C12H14N2O3. The molecule has 0 saturated carbocycles. The second-order valence-corrected chi connectivity index (χ2v) is 3.80. The van der Waals surface area contributed by atoms with E-state index in [9.17, 15) is 9.59 Å². The Kier molecular flexibility index (Phi) is 3.59. The van der Waals surface area contributed by atoms with Gasteiger partial charge in [0, 0.05) is 12.2 Å². The quantitative estimate of drug-likeness (QED) is 0.861. The number of anilines is 1. The Hall–Kier alpha value is -2.04. The van der Waals surface area contributed by atoms with Gasteiger partial charge in [-0.25, -0.2) is 4.79 Å². The number of ether oxygens (including phenoxy) is 1. The minimum atomic E-state index is -0.417. The van der Waals surface area contributed by atoms with Gasteiger partial charge in [0.15, 0.2) is 0 Å². The molecule has 5 nitrogen and oxygen atoms in total. The molecule has 1 N–H and O–H groups in total. The Balaban J connectivity index is 1.87. The lowest BCUT2D eigenvalue weighted by atomic mass is 10.3. The summed E-state index contributed by atoms with van der Waals surface area (Å²) in [5.74, 6) is -0.213. The highest BCUT2D eigenvalue weighted by molar-refractivity contribution is 5.93. The first-order valence-corrected chi connectivity index (χ1v) is 5.52. The standard InChI is InChI=1S/C12H14N2O3/c15-11(13-10-5-2-1-3-6-10)9-14-7-4-8-17-12(14)16/h1-3,5-6H,4,7-9H2,(H,13,15). The fraction of sp³-hybridized carbons (Fsp3) is 0.333. The van der Waals surface area contributed by atoms with Gasteiger partial charge >= 0.3 is 6.09 Å². The molecule has 0 atom stereocenters. The van der Waals surface area contributed by atoms with Gasteiger partial charge in [-0.15, -0.1) is 0 Å². The smallest absolute Gasteiger partial charge is 0.410 e. The number of hydrogen-bond acceptors (Lipinski definition) is 3. The van der Waals surface area contributed by atoms with E-state index in [0.717, 1.165) is 12.1 Å². The van der Waals surface area contributed by atoms with Crippen molar-refractivity contribution in [2.75, 3.05) is 25.0 Å². The third kappa shape index (κ3) is 3.21. The van der Waals surface area contributed by atoms with Crippen molar-refractivity contribution in [3.05, 3.63) is 30.3 Å². The normalized spacial score (nSPS) is 15.3. The summed E-state index contributed by atoms with van der Waals surface area (Å²) in [4.78, 5) is 24.4. The molecule has 0 spiro atoms. The van der Waals surface area contributed by atoms with Gasteiger partial charge in [-0.2, -0.15) is 0 Å². The van der Waals surface area contributed by atoms with Gasteiger partial charge in [0.2, 0.25) is 5.91 Å². The van der Waals surface area contributed by atoms with Crippen molar-refractivity contribution < 1.29 is 14.3 Å². The Morgan fingerprint density at radius 1 is 1.35 bits per heavy atom. The lowest BCUT2D eigenvalue weighted by Gasteiger charge is -2.25. The maximum absolute atomic E-state index is 11.7. The minimum absolute atomic E-state index is 0.0354. The maximum atomic E-state index is 11.7. The maximum Gasteiger partial charge on any atom is 0.410 e. The van der Waals surface area contributed by atoms with E-state index < -0.39 is 6.09 Å². The van der Waals surface area contributed by atoms with E-state index in [2.05, 4.69) is 5.32 Å². The van der Waals surface area contributed by atoms with Gasteiger partial charge in [0.1, 0.15) is 6.54 Å². The van der Waals surface area contributed by atoms with Gasteiger partial charge in [-0.3, -0.25) is 9.69 Å². The number of carbonyl (C=O) groups is 2. The van der Waals surface area contributed by atoms with E-state index in [0.29, 0.717) is 13.2 Å². The average Bonchev–Trinajstić information content (AvgIpc) is 2.33. The van der Waals surface area contributed by atoms with Crippen LogP contribution in [0.15, 0.2) is 30.3 Å². The lowest BCUT2D eigenvalue weighted by Crippen LogP contribution is -2.42. The summed E-state index contributed by atoms with van der Waals surface area (Å²) >= 11 is 0.